The molecule has 5 heteroatoms. The number of rotatable bonds is 13. The zero-order valence-electron chi connectivity index (χ0n) is 15.9. The first-order valence-electron chi connectivity index (χ1n) is 9.67. The quantitative estimate of drug-likeness (QED) is 0.515. The highest BCUT2D eigenvalue weighted by atomic mass is 16.4. The van der Waals surface area contributed by atoms with Crippen LogP contribution in [-0.2, 0) is 9.59 Å². The maximum Gasteiger partial charge on any atom is 0.223 e. The van der Waals surface area contributed by atoms with E-state index in [9.17, 15) is 14.7 Å². The topological polar surface area (TPSA) is 96.9 Å². The molecule has 1 aliphatic heterocycles. The lowest BCUT2D eigenvalue weighted by Gasteiger charge is -2.25. The van der Waals surface area contributed by atoms with Gasteiger partial charge in [-0.25, -0.2) is 0 Å². The molecule has 0 spiro atoms. The van der Waals surface area contributed by atoms with E-state index in [1.54, 1.807) is 0 Å². The smallest absolute Gasteiger partial charge is 0.223 e. The number of hydrogen-bond donors (Lipinski definition) is 1. The van der Waals surface area contributed by atoms with Crippen LogP contribution in [-0.4, -0.2) is 29.4 Å². The average Bonchev–Trinajstić information content (AvgIpc) is 3.02. The summed E-state index contributed by atoms with van der Waals surface area (Å²) in [5, 5.41) is 11.0. The molecule has 1 fully saturated rings. The minimum atomic E-state index is -1.10. The second-order valence-corrected chi connectivity index (χ2v) is 6.85. The van der Waals surface area contributed by atoms with E-state index in [2.05, 4.69) is 6.92 Å². The molecule has 1 aliphatic rings. The Balaban J connectivity index is 0.00000529. The number of quaternary nitrogens is 1. The van der Waals surface area contributed by atoms with Gasteiger partial charge in [0.1, 0.15) is 0 Å². The van der Waals surface area contributed by atoms with Gasteiger partial charge in [0, 0.05) is 13.0 Å². The molecule has 1 atom stereocenters. The van der Waals surface area contributed by atoms with E-state index in [4.69, 9.17) is 0 Å². The second-order valence-electron chi connectivity index (χ2n) is 6.85. The summed E-state index contributed by atoms with van der Waals surface area (Å²) in [6, 6.07) is -0.685. The third-order valence-electron chi connectivity index (χ3n) is 4.84. The van der Waals surface area contributed by atoms with Gasteiger partial charge in [0.15, 0.2) is 0 Å². The average molecular weight is 343 g/mol. The van der Waals surface area contributed by atoms with Gasteiger partial charge >= 0.3 is 0 Å². The van der Waals surface area contributed by atoms with Crippen molar-refractivity contribution in [3.05, 3.63) is 0 Å². The third-order valence-corrected chi connectivity index (χ3v) is 4.84. The van der Waals surface area contributed by atoms with E-state index < -0.39 is 12.0 Å². The normalized spacial score (nSPS) is 16.9. The van der Waals surface area contributed by atoms with Gasteiger partial charge in [0.05, 0.1) is 12.0 Å². The van der Waals surface area contributed by atoms with Crippen molar-refractivity contribution in [2.75, 3.05) is 6.54 Å². The van der Waals surface area contributed by atoms with Gasteiger partial charge in [-0.3, -0.25) is 4.79 Å². The first kappa shape index (κ1) is 22.9. The highest BCUT2D eigenvalue weighted by Gasteiger charge is 2.28. The van der Waals surface area contributed by atoms with Gasteiger partial charge < -0.3 is 21.0 Å². The summed E-state index contributed by atoms with van der Waals surface area (Å²) in [5.74, 6) is -1.11. The molecule has 4 N–H and O–H groups in total. The van der Waals surface area contributed by atoms with E-state index in [1.807, 2.05) is 0 Å². The summed E-state index contributed by atoms with van der Waals surface area (Å²) in [6.07, 6.45) is 15.6. The predicted molar refractivity (Wildman–Crippen MR) is 96.8 cm³/mol. The molecule has 0 bridgehead atoms. The number of nitrogens with zero attached hydrogens (tertiary/aromatic N) is 1. The number of aliphatic carboxylic acids is 1. The van der Waals surface area contributed by atoms with E-state index in [1.165, 1.54) is 62.7 Å². The minimum Gasteiger partial charge on any atom is -0.548 e. The summed E-state index contributed by atoms with van der Waals surface area (Å²) in [6.45, 7) is 2.82. The van der Waals surface area contributed by atoms with Gasteiger partial charge in [0.2, 0.25) is 5.91 Å². The predicted octanol–water partition coefficient (Wildman–Crippen LogP) is 3.80. The molecule has 0 aromatic heterocycles. The van der Waals surface area contributed by atoms with Crippen molar-refractivity contribution >= 4 is 11.9 Å². The third kappa shape index (κ3) is 9.26. The Kier molecular flexibility index (Phi) is 13.6. The van der Waals surface area contributed by atoms with Crippen LogP contribution in [0.25, 0.3) is 0 Å². The van der Waals surface area contributed by atoms with Crippen LogP contribution in [0.1, 0.15) is 96.8 Å². The highest BCUT2D eigenvalue weighted by Crippen LogP contribution is 2.19. The Morgan fingerprint density at radius 3 is 1.92 bits per heavy atom. The minimum absolute atomic E-state index is 0. The van der Waals surface area contributed by atoms with Crippen molar-refractivity contribution in [3.63, 3.8) is 0 Å². The van der Waals surface area contributed by atoms with Crippen LogP contribution >= 0.6 is 0 Å². The fourth-order valence-electron chi connectivity index (χ4n) is 3.39. The van der Waals surface area contributed by atoms with Crippen molar-refractivity contribution < 1.29 is 14.7 Å². The molecular formula is C19H38N2O3. The summed E-state index contributed by atoms with van der Waals surface area (Å²) in [4.78, 5) is 24.5. The number of likely N-dealkylation sites (tertiary alicyclic amines) is 1. The van der Waals surface area contributed by atoms with Crippen molar-refractivity contribution in [1.82, 2.24) is 11.1 Å². The number of unbranched alkanes of at least 4 members (excludes halogenated alkanes) is 10. The molecule has 0 unspecified atom stereocenters. The SMILES string of the molecule is CCCCCCCCCCCCCC(=O)N1CCC[C@H]1C(=O)[O-].[NH4+]. The monoisotopic (exact) mass is 342 g/mol. The number of carboxylic acid groups (broad SMARTS) is 1. The molecule has 0 aromatic rings. The maximum atomic E-state index is 12.1. The van der Waals surface area contributed by atoms with E-state index in [0.717, 1.165) is 19.3 Å². The Bertz CT molecular complexity index is 348. The Hall–Kier alpha value is -1.10. The molecule has 0 saturated carbocycles. The van der Waals surface area contributed by atoms with E-state index in [-0.39, 0.29) is 12.1 Å². The lowest BCUT2D eigenvalue weighted by molar-refractivity contribution is -0.310. The Labute approximate surface area is 147 Å². The van der Waals surface area contributed by atoms with Crippen LogP contribution in [0.5, 0.6) is 0 Å². The lowest BCUT2D eigenvalue weighted by atomic mass is 10.1. The molecular weight excluding hydrogens is 304 g/mol. The summed E-state index contributed by atoms with van der Waals surface area (Å²) in [5.41, 5.74) is 0. The molecule has 1 rings (SSSR count). The fraction of sp³-hybridized carbons (Fsp3) is 0.895. The molecule has 24 heavy (non-hydrogen) atoms. The van der Waals surface area contributed by atoms with E-state index >= 15 is 0 Å². The van der Waals surface area contributed by atoms with Crippen molar-refractivity contribution in [2.45, 2.75) is 103 Å². The number of carbonyl (C=O) groups is 2. The first-order valence-corrected chi connectivity index (χ1v) is 9.67. The van der Waals surface area contributed by atoms with Gasteiger partial charge in [-0.1, -0.05) is 71.1 Å². The van der Waals surface area contributed by atoms with Crippen LogP contribution in [0.15, 0.2) is 0 Å². The highest BCUT2D eigenvalue weighted by molar-refractivity contribution is 5.83. The van der Waals surface area contributed by atoms with E-state index in [0.29, 0.717) is 19.4 Å². The number of amides is 1. The Morgan fingerprint density at radius 2 is 1.42 bits per heavy atom. The summed E-state index contributed by atoms with van der Waals surface area (Å²) >= 11 is 0. The molecule has 1 heterocycles. The maximum absolute atomic E-state index is 12.1. The van der Waals surface area contributed by atoms with Crippen LogP contribution < -0.4 is 11.3 Å². The zero-order valence-corrected chi connectivity index (χ0v) is 15.9. The largest absolute Gasteiger partial charge is 0.548 e. The van der Waals surface area contributed by atoms with Crippen molar-refractivity contribution in [3.8, 4) is 0 Å². The molecule has 0 aliphatic carbocycles. The molecule has 142 valence electrons. The molecule has 0 radical (unpaired) electrons. The fourth-order valence-corrected chi connectivity index (χ4v) is 3.39. The van der Waals surface area contributed by atoms with Gasteiger partial charge in [0.25, 0.3) is 0 Å². The first-order chi connectivity index (χ1) is 11.2. The summed E-state index contributed by atoms with van der Waals surface area (Å²) < 4.78 is 0. The molecule has 5 nitrogen and oxygen atoms in total. The van der Waals surface area contributed by atoms with Gasteiger partial charge in [-0.05, 0) is 19.3 Å². The molecule has 1 amide bonds. The van der Waals surface area contributed by atoms with Crippen LogP contribution in [0.4, 0.5) is 0 Å². The van der Waals surface area contributed by atoms with Crippen LogP contribution in [0.3, 0.4) is 0 Å². The molecule has 0 aromatic carbocycles. The number of carbonyl (C=O) groups excluding carboxylic acids is 2. The zero-order chi connectivity index (χ0) is 16.9. The van der Waals surface area contributed by atoms with Gasteiger partial charge in [-0.15, -0.1) is 0 Å². The van der Waals surface area contributed by atoms with Crippen molar-refractivity contribution in [1.29, 1.82) is 0 Å². The standard InChI is InChI=1S/C19H35NO3.H3N/c1-2-3-4-5-6-7-8-9-10-11-12-15-18(21)20-16-13-14-17(20)19(22)23;/h17H,2-16H2,1H3,(H,22,23);1H3/t17-;/m0./s1. The number of hydrogen-bond acceptors (Lipinski definition) is 3. The van der Waals surface area contributed by atoms with Crippen LogP contribution in [0.2, 0.25) is 0 Å². The Morgan fingerprint density at radius 1 is 0.917 bits per heavy atom. The molecule has 1 saturated heterocycles. The van der Waals surface area contributed by atoms with Gasteiger partial charge in [-0.2, -0.15) is 0 Å². The van der Waals surface area contributed by atoms with Crippen LogP contribution in [0, 0.1) is 0 Å². The second kappa shape index (κ2) is 14.3. The van der Waals surface area contributed by atoms with Crippen molar-refractivity contribution in [2.24, 2.45) is 0 Å². The number of carboxylic acids is 1. The summed E-state index contributed by atoms with van der Waals surface area (Å²) in [7, 11) is 0. The lowest BCUT2D eigenvalue weighted by Crippen LogP contribution is -2.46.